The third-order valence-electron chi connectivity index (χ3n) is 2.23. The Morgan fingerprint density at radius 2 is 2.64 bits per heavy atom. The normalized spacial score (nSPS) is 28.9. The summed E-state index contributed by atoms with van der Waals surface area (Å²) in [7, 11) is 1.89. The number of nitrogens with two attached hydrogens (primary N) is 1. The van der Waals surface area contributed by atoms with Crippen molar-refractivity contribution in [3.8, 4) is 0 Å². The first-order chi connectivity index (χ1) is 5.31. The molecule has 0 amide bonds. The zero-order valence-corrected chi connectivity index (χ0v) is 6.57. The van der Waals surface area contributed by atoms with E-state index in [1.54, 1.807) is 4.68 Å². The minimum atomic E-state index is 0.591. The molecule has 2 rings (SSSR count). The van der Waals surface area contributed by atoms with Crippen LogP contribution in [0.25, 0.3) is 0 Å². The van der Waals surface area contributed by atoms with Crippen LogP contribution in [0.4, 0.5) is 0 Å². The molecular formula is C7H12N4. The molecule has 4 heteroatoms. The number of rotatable bonds is 2. The van der Waals surface area contributed by atoms with Crippen LogP contribution >= 0.6 is 0 Å². The second-order valence-corrected chi connectivity index (χ2v) is 3.16. The average Bonchev–Trinajstić information content (AvgIpc) is 2.68. The van der Waals surface area contributed by atoms with E-state index in [-0.39, 0.29) is 0 Å². The van der Waals surface area contributed by atoms with E-state index in [9.17, 15) is 0 Å². The Balaban J connectivity index is 2.08. The fraction of sp³-hybridized carbons (Fsp3) is 0.714. The average molecular weight is 152 g/mol. The van der Waals surface area contributed by atoms with Gasteiger partial charge in [-0.1, -0.05) is 5.21 Å². The molecule has 1 heterocycles. The lowest BCUT2D eigenvalue weighted by atomic mass is 10.2. The van der Waals surface area contributed by atoms with Gasteiger partial charge in [0.1, 0.15) is 0 Å². The Bertz CT molecular complexity index is 255. The number of nitrogens with zero attached hydrogens (tertiary/aromatic N) is 3. The lowest BCUT2D eigenvalue weighted by molar-refractivity contribution is 0.712. The van der Waals surface area contributed by atoms with Crippen molar-refractivity contribution in [1.29, 1.82) is 0 Å². The quantitative estimate of drug-likeness (QED) is 0.642. The monoisotopic (exact) mass is 152 g/mol. The predicted molar refractivity (Wildman–Crippen MR) is 40.9 cm³/mol. The summed E-state index contributed by atoms with van der Waals surface area (Å²) in [6, 6.07) is 0. The molecular weight excluding hydrogens is 140 g/mol. The molecule has 1 aromatic rings. The maximum absolute atomic E-state index is 5.51. The largest absolute Gasteiger partial charge is 0.330 e. The van der Waals surface area contributed by atoms with E-state index < -0.39 is 0 Å². The fourth-order valence-electron chi connectivity index (χ4n) is 1.41. The maximum atomic E-state index is 5.51. The van der Waals surface area contributed by atoms with Crippen molar-refractivity contribution in [2.24, 2.45) is 18.7 Å². The lowest BCUT2D eigenvalue weighted by Crippen LogP contribution is -2.01. The molecule has 0 spiro atoms. The Labute approximate surface area is 65.4 Å². The van der Waals surface area contributed by atoms with Gasteiger partial charge >= 0.3 is 0 Å². The van der Waals surface area contributed by atoms with Crippen molar-refractivity contribution in [3.05, 3.63) is 11.9 Å². The van der Waals surface area contributed by atoms with Crippen LogP contribution in [0.1, 0.15) is 18.0 Å². The summed E-state index contributed by atoms with van der Waals surface area (Å²) >= 11 is 0. The van der Waals surface area contributed by atoms with Gasteiger partial charge < -0.3 is 5.73 Å². The molecule has 1 fully saturated rings. The number of hydrogen-bond donors (Lipinski definition) is 1. The number of aromatic nitrogens is 3. The molecule has 0 bridgehead atoms. The van der Waals surface area contributed by atoms with Gasteiger partial charge in [0.25, 0.3) is 0 Å². The van der Waals surface area contributed by atoms with E-state index >= 15 is 0 Å². The van der Waals surface area contributed by atoms with Crippen molar-refractivity contribution in [2.75, 3.05) is 6.54 Å². The highest BCUT2D eigenvalue weighted by Crippen LogP contribution is 2.45. The zero-order chi connectivity index (χ0) is 7.84. The molecule has 1 aliphatic rings. The van der Waals surface area contributed by atoms with Crippen molar-refractivity contribution < 1.29 is 0 Å². The van der Waals surface area contributed by atoms with Gasteiger partial charge in [0.2, 0.25) is 0 Å². The molecule has 0 radical (unpaired) electrons. The highest BCUT2D eigenvalue weighted by Gasteiger charge is 2.38. The summed E-state index contributed by atoms with van der Waals surface area (Å²) < 4.78 is 1.74. The van der Waals surface area contributed by atoms with Crippen LogP contribution in [-0.4, -0.2) is 21.5 Å². The van der Waals surface area contributed by atoms with Crippen LogP contribution in [0, 0.1) is 5.92 Å². The standard InChI is InChI=1S/C7H12N4/c1-11-4-7(9-10-11)6-2-5(6)3-8/h4-6H,2-3,8H2,1H3/t5-,6+/m0/s1. The molecule has 4 nitrogen and oxygen atoms in total. The Morgan fingerprint density at radius 3 is 3.09 bits per heavy atom. The second kappa shape index (κ2) is 2.30. The summed E-state index contributed by atoms with van der Waals surface area (Å²) in [5.74, 6) is 1.25. The fourth-order valence-corrected chi connectivity index (χ4v) is 1.41. The van der Waals surface area contributed by atoms with E-state index in [2.05, 4.69) is 10.3 Å². The number of aryl methyl sites for hydroxylation is 1. The van der Waals surface area contributed by atoms with Crippen LogP contribution < -0.4 is 5.73 Å². The zero-order valence-electron chi connectivity index (χ0n) is 6.57. The Hall–Kier alpha value is -0.900. The maximum Gasteiger partial charge on any atom is 0.0861 e. The lowest BCUT2D eigenvalue weighted by Gasteiger charge is -1.88. The molecule has 1 aromatic heterocycles. The molecule has 1 aliphatic carbocycles. The SMILES string of the molecule is Cn1cc([C@@H]2C[C@H]2CN)nn1. The van der Waals surface area contributed by atoms with Crippen LogP contribution in [0.3, 0.4) is 0 Å². The predicted octanol–water partition coefficient (Wildman–Crippen LogP) is -0.123. The summed E-state index contributed by atoms with van der Waals surface area (Å²) in [6.45, 7) is 0.779. The van der Waals surface area contributed by atoms with E-state index in [0.29, 0.717) is 11.8 Å². The molecule has 2 N–H and O–H groups in total. The first-order valence-electron chi connectivity index (χ1n) is 3.87. The van der Waals surface area contributed by atoms with Gasteiger partial charge in [0.05, 0.1) is 5.69 Å². The van der Waals surface area contributed by atoms with Crippen molar-refractivity contribution in [3.63, 3.8) is 0 Å². The van der Waals surface area contributed by atoms with Crippen LogP contribution in [0.2, 0.25) is 0 Å². The van der Waals surface area contributed by atoms with E-state index in [4.69, 9.17) is 5.73 Å². The molecule has 60 valence electrons. The van der Waals surface area contributed by atoms with Gasteiger partial charge in [-0.25, -0.2) is 0 Å². The van der Waals surface area contributed by atoms with Crippen molar-refractivity contribution in [2.45, 2.75) is 12.3 Å². The van der Waals surface area contributed by atoms with Gasteiger partial charge in [0, 0.05) is 19.2 Å². The highest BCUT2D eigenvalue weighted by molar-refractivity contribution is 5.13. The molecule has 0 unspecified atom stereocenters. The molecule has 11 heavy (non-hydrogen) atoms. The third-order valence-corrected chi connectivity index (χ3v) is 2.23. The van der Waals surface area contributed by atoms with Gasteiger partial charge in [-0.15, -0.1) is 5.10 Å². The van der Waals surface area contributed by atoms with E-state index in [1.165, 1.54) is 6.42 Å². The molecule has 0 aliphatic heterocycles. The molecule has 2 atom stereocenters. The minimum absolute atomic E-state index is 0.591. The van der Waals surface area contributed by atoms with Crippen LogP contribution in [0.5, 0.6) is 0 Å². The first-order valence-corrected chi connectivity index (χ1v) is 3.87. The first kappa shape index (κ1) is 6.79. The van der Waals surface area contributed by atoms with Gasteiger partial charge in [-0.2, -0.15) is 0 Å². The molecule has 0 aromatic carbocycles. The van der Waals surface area contributed by atoms with E-state index in [1.807, 2.05) is 13.2 Å². The number of hydrogen-bond acceptors (Lipinski definition) is 3. The summed E-state index contributed by atoms with van der Waals surface area (Å²) in [5.41, 5.74) is 6.61. The highest BCUT2D eigenvalue weighted by atomic mass is 15.4. The Kier molecular flexibility index (Phi) is 1.42. The van der Waals surface area contributed by atoms with Gasteiger partial charge in [-0.05, 0) is 18.9 Å². The van der Waals surface area contributed by atoms with Crippen LogP contribution in [0.15, 0.2) is 6.20 Å². The molecule has 0 saturated heterocycles. The Morgan fingerprint density at radius 1 is 1.82 bits per heavy atom. The van der Waals surface area contributed by atoms with Crippen molar-refractivity contribution >= 4 is 0 Å². The van der Waals surface area contributed by atoms with Crippen molar-refractivity contribution in [1.82, 2.24) is 15.0 Å². The summed E-state index contributed by atoms with van der Waals surface area (Å²) in [4.78, 5) is 0. The summed E-state index contributed by atoms with van der Waals surface area (Å²) in [5, 5.41) is 7.91. The third kappa shape index (κ3) is 1.14. The molecule has 1 saturated carbocycles. The van der Waals surface area contributed by atoms with Gasteiger partial charge in [-0.3, -0.25) is 4.68 Å². The topological polar surface area (TPSA) is 56.7 Å². The van der Waals surface area contributed by atoms with Gasteiger partial charge in [0.15, 0.2) is 0 Å². The smallest absolute Gasteiger partial charge is 0.0861 e. The second-order valence-electron chi connectivity index (χ2n) is 3.16. The van der Waals surface area contributed by atoms with E-state index in [0.717, 1.165) is 12.2 Å². The minimum Gasteiger partial charge on any atom is -0.330 e. The summed E-state index contributed by atoms with van der Waals surface area (Å²) in [6.07, 6.45) is 3.16. The van der Waals surface area contributed by atoms with Crippen LogP contribution in [-0.2, 0) is 7.05 Å².